The first kappa shape index (κ1) is 66.9. The number of carbonyl (C=O) groups excluding carboxylic acids is 2. The van der Waals surface area contributed by atoms with Crippen LogP contribution in [0.15, 0.2) is 36.5 Å². The van der Waals surface area contributed by atoms with Crippen molar-refractivity contribution in [3.05, 3.63) is 36.5 Å². The van der Waals surface area contributed by atoms with Crippen molar-refractivity contribution in [1.82, 2.24) is 5.32 Å². The molecule has 0 radical (unpaired) electrons. The highest BCUT2D eigenvalue weighted by atomic mass is 16.7. The molecule has 1 aliphatic rings. The minimum atomic E-state index is -1.61. The van der Waals surface area contributed by atoms with Gasteiger partial charge in [0.25, 0.3) is 0 Å². The number of aliphatic hydroxyl groups is 5. The minimum absolute atomic E-state index is 0.123. The first-order valence-electron chi connectivity index (χ1n) is 29.8. The fourth-order valence-electron chi connectivity index (χ4n) is 9.27. The maximum atomic E-state index is 13.3. The SMILES string of the molecule is CCCCC/C=C\C/C=C\CCCCCCCCCCCCCC(=O)OC1C(OCC(NC(=O)C(O)CCCCCCCCCCCC)C(O)/C=C/CCCCCCCCCCC)OC(CO)C(O)C1O. The van der Waals surface area contributed by atoms with E-state index < -0.39 is 67.4 Å². The van der Waals surface area contributed by atoms with Crippen LogP contribution in [0.1, 0.15) is 271 Å². The van der Waals surface area contributed by atoms with E-state index in [1.165, 1.54) is 161 Å². The molecule has 0 aromatic carbocycles. The van der Waals surface area contributed by atoms with Crippen LogP contribution in [0.3, 0.4) is 0 Å². The zero-order valence-corrected chi connectivity index (χ0v) is 45.9. The van der Waals surface area contributed by atoms with Crippen molar-refractivity contribution in [2.45, 2.75) is 320 Å². The average molecular weight is 1010 g/mol. The number of ether oxygens (including phenoxy) is 3. The number of carbonyl (C=O) groups is 2. The fraction of sp³-hybridized carbons (Fsp3) is 0.867. The highest BCUT2D eigenvalue weighted by Gasteiger charge is 2.47. The molecule has 1 fully saturated rings. The van der Waals surface area contributed by atoms with E-state index in [1.54, 1.807) is 6.08 Å². The van der Waals surface area contributed by atoms with E-state index in [2.05, 4.69) is 50.4 Å². The molecular weight excluding hydrogens is 895 g/mol. The summed E-state index contributed by atoms with van der Waals surface area (Å²) in [7, 11) is 0. The number of aliphatic hydroxyl groups excluding tert-OH is 5. The Morgan fingerprint density at radius 1 is 0.549 bits per heavy atom. The molecule has 0 saturated carbocycles. The lowest BCUT2D eigenvalue weighted by Crippen LogP contribution is -2.61. The van der Waals surface area contributed by atoms with E-state index in [-0.39, 0.29) is 13.0 Å². The standard InChI is InChI=1S/C60H111NO10/c1-4-7-10-13-16-19-22-23-24-25-26-27-28-29-30-31-33-36-39-42-45-48-55(65)71-58-57(67)56(66)54(49-62)70-60(58)69-50-51(52(63)46-43-40-37-35-32-20-17-14-11-8-5-2)61-59(68)53(64)47-44-41-38-34-21-18-15-12-9-6-3/h16,19,23-24,43,46,51-54,56-58,60,62-64,66-67H,4-15,17-18,20-22,25-42,44-45,47-50H2,1-3H3,(H,61,68)/b19-16-,24-23-,46-43+. The fourth-order valence-corrected chi connectivity index (χ4v) is 9.27. The van der Waals surface area contributed by atoms with Gasteiger partial charge in [0, 0.05) is 6.42 Å². The van der Waals surface area contributed by atoms with E-state index in [4.69, 9.17) is 14.2 Å². The van der Waals surface area contributed by atoms with Crippen molar-refractivity contribution >= 4 is 11.9 Å². The predicted molar refractivity (Wildman–Crippen MR) is 292 cm³/mol. The third kappa shape index (κ3) is 37.3. The maximum Gasteiger partial charge on any atom is 0.306 e. The molecule has 0 aromatic heterocycles. The van der Waals surface area contributed by atoms with Crippen LogP contribution in [0.5, 0.6) is 0 Å². The quantitative estimate of drug-likeness (QED) is 0.0195. The Labute approximate surface area is 434 Å². The number of rotatable bonds is 50. The zero-order chi connectivity index (χ0) is 51.8. The molecule has 416 valence electrons. The molecule has 8 unspecified atom stereocenters. The Hall–Kier alpha value is -2.12. The summed E-state index contributed by atoms with van der Waals surface area (Å²) < 4.78 is 17.6. The summed E-state index contributed by atoms with van der Waals surface area (Å²) in [5.41, 5.74) is 0. The molecule has 8 atom stereocenters. The van der Waals surface area contributed by atoms with Crippen LogP contribution in [0.2, 0.25) is 0 Å². The van der Waals surface area contributed by atoms with Crippen LogP contribution < -0.4 is 5.32 Å². The Balaban J connectivity index is 2.63. The van der Waals surface area contributed by atoms with Gasteiger partial charge >= 0.3 is 5.97 Å². The smallest absolute Gasteiger partial charge is 0.306 e. The predicted octanol–water partition coefficient (Wildman–Crippen LogP) is 13.5. The molecule has 1 heterocycles. The number of allylic oxidation sites excluding steroid dienone is 5. The second-order valence-corrected chi connectivity index (χ2v) is 20.7. The number of amides is 1. The van der Waals surface area contributed by atoms with Crippen molar-refractivity contribution in [1.29, 1.82) is 0 Å². The second-order valence-electron chi connectivity index (χ2n) is 20.7. The van der Waals surface area contributed by atoms with Crippen LogP contribution in [-0.2, 0) is 23.8 Å². The zero-order valence-electron chi connectivity index (χ0n) is 45.9. The number of hydrogen-bond acceptors (Lipinski definition) is 10. The third-order valence-electron chi connectivity index (χ3n) is 14.0. The molecule has 0 aliphatic carbocycles. The van der Waals surface area contributed by atoms with E-state index in [1.807, 2.05) is 6.08 Å². The Bertz CT molecular complexity index is 1290. The van der Waals surface area contributed by atoms with Crippen molar-refractivity contribution in [2.75, 3.05) is 13.2 Å². The third-order valence-corrected chi connectivity index (χ3v) is 14.0. The molecule has 0 spiro atoms. The molecule has 0 aromatic rings. The number of esters is 1. The van der Waals surface area contributed by atoms with Gasteiger partial charge in [-0.05, 0) is 57.8 Å². The summed E-state index contributed by atoms with van der Waals surface area (Å²) in [6.45, 7) is 5.74. The molecule has 11 heteroatoms. The van der Waals surface area contributed by atoms with Crippen molar-refractivity contribution in [2.24, 2.45) is 0 Å². The topological polar surface area (TPSA) is 175 Å². The van der Waals surface area contributed by atoms with Crippen LogP contribution in [0.4, 0.5) is 0 Å². The van der Waals surface area contributed by atoms with Gasteiger partial charge in [0.15, 0.2) is 12.4 Å². The molecule has 11 nitrogen and oxygen atoms in total. The van der Waals surface area contributed by atoms with Gasteiger partial charge in [-0.25, -0.2) is 0 Å². The van der Waals surface area contributed by atoms with Crippen molar-refractivity contribution < 1.29 is 49.3 Å². The number of hydrogen-bond donors (Lipinski definition) is 6. The van der Waals surface area contributed by atoms with Gasteiger partial charge < -0.3 is 45.1 Å². The Kier molecular flexibility index (Phi) is 46.0. The number of unbranched alkanes of at least 4 members (excludes halogenated alkanes) is 32. The Morgan fingerprint density at radius 3 is 1.46 bits per heavy atom. The van der Waals surface area contributed by atoms with E-state index in [0.29, 0.717) is 19.3 Å². The number of nitrogens with one attached hydrogen (secondary N) is 1. The first-order valence-corrected chi connectivity index (χ1v) is 29.8. The van der Waals surface area contributed by atoms with Crippen LogP contribution in [0.25, 0.3) is 0 Å². The highest BCUT2D eigenvalue weighted by molar-refractivity contribution is 5.80. The maximum absolute atomic E-state index is 13.3. The normalized spacial score (nSPS) is 19.8. The monoisotopic (exact) mass is 1010 g/mol. The van der Waals surface area contributed by atoms with Crippen molar-refractivity contribution in [3.8, 4) is 0 Å². The molecule has 1 saturated heterocycles. The largest absolute Gasteiger partial charge is 0.454 e. The summed E-state index contributed by atoms with van der Waals surface area (Å²) in [5, 5.41) is 56.7. The van der Waals surface area contributed by atoms with Crippen molar-refractivity contribution in [3.63, 3.8) is 0 Å². The average Bonchev–Trinajstić information content (AvgIpc) is 3.37. The van der Waals surface area contributed by atoms with Gasteiger partial charge in [-0.1, -0.05) is 243 Å². The second kappa shape index (κ2) is 48.8. The summed E-state index contributed by atoms with van der Waals surface area (Å²) >= 11 is 0. The first-order chi connectivity index (χ1) is 34.7. The molecule has 1 rings (SSSR count). The van der Waals surface area contributed by atoms with Gasteiger partial charge in [0.1, 0.15) is 24.4 Å². The molecule has 1 amide bonds. The lowest BCUT2D eigenvalue weighted by molar-refractivity contribution is -0.305. The van der Waals surface area contributed by atoms with Gasteiger partial charge in [-0.15, -0.1) is 0 Å². The molecule has 6 N–H and O–H groups in total. The highest BCUT2D eigenvalue weighted by Crippen LogP contribution is 2.26. The molecule has 1 aliphatic heterocycles. The summed E-state index contributed by atoms with van der Waals surface area (Å²) in [5.74, 6) is -1.19. The molecule has 0 bridgehead atoms. The van der Waals surface area contributed by atoms with Gasteiger partial charge in [-0.3, -0.25) is 9.59 Å². The van der Waals surface area contributed by atoms with Gasteiger partial charge in [0.2, 0.25) is 5.91 Å². The minimum Gasteiger partial charge on any atom is -0.454 e. The van der Waals surface area contributed by atoms with Crippen LogP contribution in [-0.4, -0.2) is 99.6 Å². The summed E-state index contributed by atoms with van der Waals surface area (Å²) in [6, 6.07) is -1.02. The van der Waals surface area contributed by atoms with E-state index in [9.17, 15) is 35.1 Å². The summed E-state index contributed by atoms with van der Waals surface area (Å²) in [4.78, 5) is 26.4. The van der Waals surface area contributed by atoms with Crippen LogP contribution in [0, 0.1) is 0 Å². The summed E-state index contributed by atoms with van der Waals surface area (Å²) in [6.07, 6.45) is 46.2. The van der Waals surface area contributed by atoms with E-state index >= 15 is 0 Å². The Morgan fingerprint density at radius 2 is 0.972 bits per heavy atom. The van der Waals surface area contributed by atoms with Gasteiger partial charge in [-0.2, -0.15) is 0 Å². The lowest BCUT2D eigenvalue weighted by atomic mass is 9.99. The van der Waals surface area contributed by atoms with Gasteiger partial charge in [0.05, 0.1) is 25.4 Å². The van der Waals surface area contributed by atoms with E-state index in [0.717, 1.165) is 64.2 Å². The van der Waals surface area contributed by atoms with Crippen LogP contribution >= 0.6 is 0 Å². The molecular formula is C60H111NO10. The molecule has 71 heavy (non-hydrogen) atoms. The lowest BCUT2D eigenvalue weighted by Gasteiger charge is -2.41.